The second-order valence-electron chi connectivity index (χ2n) is 9.69. The lowest BCUT2D eigenvalue weighted by Crippen LogP contribution is -2.44. The van der Waals surface area contributed by atoms with Crippen molar-refractivity contribution >= 4 is 29.0 Å². The summed E-state index contributed by atoms with van der Waals surface area (Å²) in [6.45, 7) is 1.31. The molecular formula is C26H25F4N3O5. The number of carbonyl (C=O) groups excluding carboxylic acids is 1. The van der Waals surface area contributed by atoms with Crippen LogP contribution in [0.2, 0.25) is 0 Å². The highest BCUT2D eigenvalue weighted by molar-refractivity contribution is 6.00. The Morgan fingerprint density at radius 3 is 2.42 bits per heavy atom. The minimum Gasteiger partial charge on any atom is -0.497 e. The fourth-order valence-corrected chi connectivity index (χ4v) is 5.59. The highest BCUT2D eigenvalue weighted by atomic mass is 19.4. The average Bonchev–Trinajstić information content (AvgIpc) is 3.51. The summed E-state index contributed by atoms with van der Waals surface area (Å²) in [5.41, 5.74) is -0.570. The van der Waals surface area contributed by atoms with E-state index in [0.717, 1.165) is 5.01 Å². The van der Waals surface area contributed by atoms with Crippen molar-refractivity contribution in [2.24, 2.45) is 16.9 Å². The molecule has 2 heterocycles. The summed E-state index contributed by atoms with van der Waals surface area (Å²) in [6.07, 6.45) is -4.64. The van der Waals surface area contributed by atoms with Gasteiger partial charge >= 0.3 is 12.1 Å². The van der Waals surface area contributed by atoms with Crippen molar-refractivity contribution in [3.05, 3.63) is 48.3 Å². The number of benzene rings is 2. The molecule has 1 amide bonds. The van der Waals surface area contributed by atoms with Crippen molar-refractivity contribution in [2.75, 3.05) is 17.0 Å². The molecule has 5 atom stereocenters. The van der Waals surface area contributed by atoms with Crippen LogP contribution < -0.4 is 19.4 Å². The van der Waals surface area contributed by atoms with Gasteiger partial charge in [0.25, 0.3) is 0 Å². The second-order valence-corrected chi connectivity index (χ2v) is 9.69. The summed E-state index contributed by atoms with van der Waals surface area (Å²) < 4.78 is 66.0. The molecule has 0 spiro atoms. The summed E-state index contributed by atoms with van der Waals surface area (Å²) in [6, 6.07) is 9.11. The standard InChI is InChI=1S/C26H25F4N3O5/c1-13-20(12-23(34)35)33(31-24(13)26(28,29)30)14-3-5-16(6-4-14)38-22-10-15-9-18(22)25(36)32(15)21-11-17(37-2)7-8-19(21)27/h3-8,11,13,15,18,20,22H,9-10,12H2,1-2H3,(H,34,35)/t13-,15-,18+,20-,22?/m0/s1. The number of halogens is 4. The highest BCUT2D eigenvalue weighted by Gasteiger charge is 2.53. The van der Waals surface area contributed by atoms with Gasteiger partial charge < -0.3 is 19.5 Å². The number of alkyl halides is 3. The summed E-state index contributed by atoms with van der Waals surface area (Å²) in [7, 11) is 1.46. The SMILES string of the molecule is COc1ccc(F)c(N2C(=O)[C@@H]3C[C@H]2CC3Oc2ccc(N3N=C(C(F)(F)F)[C@@H](C)[C@@H]3CC(=O)O)cc2)c1. The molecule has 2 fully saturated rings. The van der Waals surface area contributed by atoms with Crippen molar-refractivity contribution < 1.29 is 41.7 Å². The zero-order chi connectivity index (χ0) is 27.4. The van der Waals surface area contributed by atoms with Crippen molar-refractivity contribution in [1.82, 2.24) is 0 Å². The van der Waals surface area contributed by atoms with E-state index >= 15 is 0 Å². The van der Waals surface area contributed by atoms with Crippen molar-refractivity contribution in [3.8, 4) is 11.5 Å². The molecule has 1 N–H and O–H groups in total. The highest BCUT2D eigenvalue weighted by Crippen LogP contribution is 2.45. The van der Waals surface area contributed by atoms with Crippen molar-refractivity contribution in [3.63, 3.8) is 0 Å². The van der Waals surface area contributed by atoms with Crippen LogP contribution in [0.25, 0.3) is 0 Å². The molecule has 1 unspecified atom stereocenters. The molecule has 2 aromatic rings. The van der Waals surface area contributed by atoms with Crippen molar-refractivity contribution in [2.45, 2.75) is 50.6 Å². The Labute approximate surface area is 215 Å². The number of ether oxygens (including phenoxy) is 2. The van der Waals surface area contributed by atoms with Crippen LogP contribution in [0.5, 0.6) is 11.5 Å². The Morgan fingerprint density at radius 2 is 1.82 bits per heavy atom. The normalized spacial score (nSPS) is 26.6. The van der Waals surface area contributed by atoms with Crippen LogP contribution in [0.1, 0.15) is 26.2 Å². The Kier molecular flexibility index (Phi) is 6.44. The Morgan fingerprint density at radius 1 is 1.13 bits per heavy atom. The Hall–Kier alpha value is -3.83. The number of anilines is 2. The Balaban J connectivity index is 1.30. The van der Waals surface area contributed by atoms with Gasteiger partial charge in [-0.05, 0) is 42.8 Å². The fourth-order valence-electron chi connectivity index (χ4n) is 5.59. The molecule has 2 aliphatic heterocycles. The number of hydrogen-bond donors (Lipinski definition) is 1. The predicted octanol–water partition coefficient (Wildman–Crippen LogP) is 4.62. The minimum atomic E-state index is -4.68. The molecule has 0 radical (unpaired) electrons. The molecule has 2 bridgehead atoms. The molecule has 1 saturated carbocycles. The molecule has 38 heavy (non-hydrogen) atoms. The maximum absolute atomic E-state index is 14.5. The number of aliphatic carboxylic acids is 1. The lowest BCUT2D eigenvalue weighted by molar-refractivity contribution is -0.137. The number of carboxylic acids is 1. The summed E-state index contributed by atoms with van der Waals surface area (Å²) >= 11 is 0. The number of nitrogens with zero attached hydrogens (tertiary/aromatic N) is 3. The molecular weight excluding hydrogens is 510 g/mol. The van der Waals surface area contributed by atoms with E-state index in [9.17, 15) is 32.3 Å². The lowest BCUT2D eigenvalue weighted by atomic mass is 9.94. The molecule has 8 nitrogen and oxygen atoms in total. The van der Waals surface area contributed by atoms with E-state index in [4.69, 9.17) is 9.47 Å². The molecule has 202 valence electrons. The number of hydrogen-bond acceptors (Lipinski definition) is 6. The molecule has 1 saturated heterocycles. The van der Waals surface area contributed by atoms with Gasteiger partial charge in [0, 0.05) is 24.4 Å². The van der Waals surface area contributed by atoms with E-state index in [0.29, 0.717) is 30.0 Å². The van der Waals surface area contributed by atoms with Gasteiger partial charge in [-0.1, -0.05) is 6.92 Å². The smallest absolute Gasteiger partial charge is 0.431 e. The zero-order valence-corrected chi connectivity index (χ0v) is 20.5. The van der Waals surface area contributed by atoms with Crippen LogP contribution >= 0.6 is 0 Å². The van der Waals surface area contributed by atoms with E-state index in [1.807, 2.05) is 0 Å². The van der Waals surface area contributed by atoms with Gasteiger partial charge in [-0.2, -0.15) is 18.3 Å². The molecule has 2 aromatic carbocycles. The van der Waals surface area contributed by atoms with Crippen LogP contribution in [0.4, 0.5) is 28.9 Å². The number of amides is 1. The number of hydrazone groups is 1. The third kappa shape index (κ3) is 4.52. The first-order valence-electron chi connectivity index (χ1n) is 12.1. The second kappa shape index (κ2) is 9.48. The van der Waals surface area contributed by atoms with Gasteiger partial charge in [0.1, 0.15) is 29.1 Å². The average molecular weight is 535 g/mol. The number of fused-ring (bicyclic) bond motifs is 2. The van der Waals surface area contributed by atoms with Crippen LogP contribution in [0.3, 0.4) is 0 Å². The number of rotatable bonds is 7. The third-order valence-corrected chi connectivity index (χ3v) is 7.41. The number of carbonyl (C=O) groups is 2. The van der Waals surface area contributed by atoms with Crippen LogP contribution in [-0.4, -0.2) is 54.2 Å². The molecule has 5 rings (SSSR count). The molecule has 0 aromatic heterocycles. The van der Waals surface area contributed by atoms with E-state index in [1.54, 1.807) is 12.1 Å². The molecule has 1 aliphatic carbocycles. The fraction of sp³-hybridized carbons (Fsp3) is 0.423. The maximum Gasteiger partial charge on any atom is 0.431 e. The summed E-state index contributed by atoms with van der Waals surface area (Å²) in [4.78, 5) is 25.8. The lowest BCUT2D eigenvalue weighted by Gasteiger charge is -2.32. The van der Waals surface area contributed by atoms with E-state index in [-0.39, 0.29) is 17.6 Å². The number of carboxylic acid groups (broad SMARTS) is 1. The topological polar surface area (TPSA) is 91.7 Å². The number of piperidine rings is 1. The van der Waals surface area contributed by atoms with Gasteiger partial charge in [0.15, 0.2) is 0 Å². The van der Waals surface area contributed by atoms with Gasteiger partial charge in [0.05, 0.1) is 36.9 Å². The van der Waals surface area contributed by atoms with Crippen molar-refractivity contribution in [1.29, 1.82) is 0 Å². The van der Waals surface area contributed by atoms with Crippen LogP contribution in [0.15, 0.2) is 47.6 Å². The summed E-state index contributed by atoms with van der Waals surface area (Å²) in [5, 5.41) is 14.0. The Bertz CT molecular complexity index is 1280. The number of methoxy groups -OCH3 is 1. The van der Waals surface area contributed by atoms with Crippen LogP contribution in [-0.2, 0) is 9.59 Å². The third-order valence-electron chi connectivity index (χ3n) is 7.41. The summed E-state index contributed by atoms with van der Waals surface area (Å²) in [5.74, 6) is -2.74. The van der Waals surface area contributed by atoms with Gasteiger partial charge in [-0.25, -0.2) is 4.39 Å². The van der Waals surface area contributed by atoms with E-state index < -0.39 is 54.1 Å². The molecule has 12 heteroatoms. The quantitative estimate of drug-likeness (QED) is 0.520. The monoisotopic (exact) mass is 535 g/mol. The largest absolute Gasteiger partial charge is 0.497 e. The van der Waals surface area contributed by atoms with E-state index in [2.05, 4.69) is 5.10 Å². The minimum absolute atomic E-state index is 0.166. The van der Waals surface area contributed by atoms with Gasteiger partial charge in [-0.3, -0.25) is 14.6 Å². The molecule has 3 aliphatic rings. The first-order valence-corrected chi connectivity index (χ1v) is 12.1. The van der Waals surface area contributed by atoms with Gasteiger partial charge in [-0.15, -0.1) is 0 Å². The zero-order valence-electron chi connectivity index (χ0n) is 20.5. The van der Waals surface area contributed by atoms with E-state index in [1.165, 1.54) is 49.3 Å². The van der Waals surface area contributed by atoms with Gasteiger partial charge in [0.2, 0.25) is 5.91 Å². The predicted molar refractivity (Wildman–Crippen MR) is 129 cm³/mol. The first-order chi connectivity index (χ1) is 18.0. The van der Waals surface area contributed by atoms with Crippen LogP contribution in [0, 0.1) is 17.7 Å². The first kappa shape index (κ1) is 25.8. The maximum atomic E-state index is 14.5.